The van der Waals surface area contributed by atoms with Gasteiger partial charge in [-0.15, -0.1) is 11.3 Å². The Morgan fingerprint density at radius 2 is 1.70 bits per heavy atom. The van der Waals surface area contributed by atoms with Crippen molar-refractivity contribution in [3.63, 3.8) is 0 Å². The summed E-state index contributed by atoms with van der Waals surface area (Å²) in [5, 5.41) is 6.06. The first-order chi connectivity index (χ1) is 17.8. The highest BCUT2D eigenvalue weighted by Crippen LogP contribution is 2.37. The van der Waals surface area contributed by atoms with Gasteiger partial charge >= 0.3 is 0 Å². The zero-order chi connectivity index (χ0) is 26.7. The number of rotatable bonds is 8. The van der Waals surface area contributed by atoms with Crippen LogP contribution in [0.2, 0.25) is 5.02 Å². The molecule has 10 nitrogen and oxygen atoms in total. The first kappa shape index (κ1) is 26.0. The van der Waals surface area contributed by atoms with Gasteiger partial charge in [-0.1, -0.05) is 23.7 Å². The van der Waals surface area contributed by atoms with Crippen LogP contribution in [0.5, 0.6) is 17.2 Å². The summed E-state index contributed by atoms with van der Waals surface area (Å²) in [6.07, 6.45) is 1.29. The summed E-state index contributed by atoms with van der Waals surface area (Å²) in [5.41, 5.74) is 0.844. The molecule has 0 fully saturated rings. The van der Waals surface area contributed by atoms with Crippen LogP contribution in [0.15, 0.2) is 47.5 Å². The zero-order valence-corrected chi connectivity index (χ0v) is 22.0. The van der Waals surface area contributed by atoms with Crippen LogP contribution in [-0.4, -0.2) is 42.7 Å². The molecule has 192 valence electrons. The van der Waals surface area contributed by atoms with E-state index in [9.17, 15) is 14.4 Å². The highest BCUT2D eigenvalue weighted by atomic mass is 35.5. The Morgan fingerprint density at radius 1 is 1.00 bits per heavy atom. The molecule has 0 bridgehead atoms. The summed E-state index contributed by atoms with van der Waals surface area (Å²) in [6.45, 7) is 1.40. The summed E-state index contributed by atoms with van der Waals surface area (Å²) in [7, 11) is 4.43. The molecule has 0 spiro atoms. The number of thiophene rings is 1. The first-order valence-corrected chi connectivity index (χ1v) is 12.1. The average molecular weight is 543 g/mol. The predicted octanol–water partition coefficient (Wildman–Crippen LogP) is 4.34. The lowest BCUT2D eigenvalue weighted by Gasteiger charge is -2.13. The minimum atomic E-state index is -0.458. The van der Waals surface area contributed by atoms with Gasteiger partial charge < -0.3 is 24.8 Å². The molecule has 0 aliphatic rings. The van der Waals surface area contributed by atoms with Crippen molar-refractivity contribution < 1.29 is 23.8 Å². The number of anilines is 2. The van der Waals surface area contributed by atoms with Crippen LogP contribution in [-0.2, 0) is 11.3 Å². The molecule has 4 rings (SSSR count). The Balaban J connectivity index is 1.60. The molecule has 2 heterocycles. The van der Waals surface area contributed by atoms with Crippen molar-refractivity contribution >= 4 is 56.3 Å². The van der Waals surface area contributed by atoms with E-state index in [1.807, 2.05) is 0 Å². The van der Waals surface area contributed by atoms with E-state index < -0.39 is 17.4 Å². The van der Waals surface area contributed by atoms with Crippen LogP contribution in [0, 0.1) is 6.92 Å². The minimum absolute atomic E-state index is 0.266. The Kier molecular flexibility index (Phi) is 7.65. The first-order valence-electron chi connectivity index (χ1n) is 10.9. The van der Waals surface area contributed by atoms with E-state index in [4.69, 9.17) is 25.8 Å². The minimum Gasteiger partial charge on any atom is -0.495 e. The number of methoxy groups -OCH3 is 3. The maximum atomic E-state index is 13.2. The van der Waals surface area contributed by atoms with Gasteiger partial charge in [0, 0.05) is 6.07 Å². The van der Waals surface area contributed by atoms with Gasteiger partial charge in [0.15, 0.2) is 0 Å². The van der Waals surface area contributed by atoms with Crippen LogP contribution < -0.4 is 30.4 Å². The van der Waals surface area contributed by atoms with Gasteiger partial charge in [0.05, 0.1) is 54.3 Å². The lowest BCUT2D eigenvalue weighted by Crippen LogP contribution is -2.28. The largest absolute Gasteiger partial charge is 0.495 e. The third-order valence-corrected chi connectivity index (χ3v) is 7.03. The van der Waals surface area contributed by atoms with Crippen LogP contribution in [0.4, 0.5) is 11.4 Å². The highest BCUT2D eigenvalue weighted by molar-refractivity contribution is 7.20. The Hall–Kier alpha value is -4.09. The molecule has 0 saturated heterocycles. The number of benzene rings is 2. The van der Waals surface area contributed by atoms with Crippen LogP contribution in [0.1, 0.15) is 15.2 Å². The Morgan fingerprint density at radius 3 is 2.41 bits per heavy atom. The molecule has 0 aliphatic heterocycles. The number of aryl methyl sites for hydroxylation is 1. The number of ether oxygens (including phenoxy) is 3. The van der Waals surface area contributed by atoms with Crippen LogP contribution in [0.3, 0.4) is 0 Å². The molecule has 2 aromatic carbocycles. The van der Waals surface area contributed by atoms with Gasteiger partial charge in [-0.05, 0) is 30.7 Å². The number of nitrogens with zero attached hydrogens (tertiary/aromatic N) is 2. The van der Waals surface area contributed by atoms with Crippen LogP contribution in [0.25, 0.3) is 10.2 Å². The lowest BCUT2D eigenvalue weighted by atomic mass is 10.2. The fourth-order valence-corrected chi connectivity index (χ4v) is 4.99. The maximum absolute atomic E-state index is 13.2. The molecular weight excluding hydrogens is 520 g/mol. The number of carbonyl (C=O) groups is 2. The van der Waals surface area contributed by atoms with Gasteiger partial charge in [-0.25, -0.2) is 4.98 Å². The smallest absolute Gasteiger partial charge is 0.266 e. The van der Waals surface area contributed by atoms with E-state index in [-0.39, 0.29) is 11.9 Å². The van der Waals surface area contributed by atoms with E-state index in [1.54, 1.807) is 37.3 Å². The maximum Gasteiger partial charge on any atom is 0.266 e. The van der Waals surface area contributed by atoms with Crippen LogP contribution >= 0.6 is 22.9 Å². The van der Waals surface area contributed by atoms with Gasteiger partial charge in [0.25, 0.3) is 11.5 Å². The molecule has 0 aliphatic carbocycles. The molecule has 2 aromatic heterocycles. The van der Waals surface area contributed by atoms with Gasteiger partial charge in [-0.3, -0.25) is 19.0 Å². The quantitative estimate of drug-likeness (QED) is 0.340. The molecule has 0 radical (unpaired) electrons. The van der Waals surface area contributed by atoms with Gasteiger partial charge in [0.2, 0.25) is 5.91 Å². The molecule has 0 unspecified atom stereocenters. The number of fused-ring (bicyclic) bond motifs is 1. The number of hydrogen-bond acceptors (Lipinski definition) is 8. The molecular formula is C25H23ClN4O6S. The fourth-order valence-electron chi connectivity index (χ4n) is 3.72. The second-order valence-corrected chi connectivity index (χ2v) is 9.21. The van der Waals surface area contributed by atoms with Gasteiger partial charge in [-0.2, -0.15) is 0 Å². The number of nitrogens with one attached hydrogen (secondary N) is 2. The van der Waals surface area contributed by atoms with Crippen molar-refractivity contribution in [3.8, 4) is 17.2 Å². The summed E-state index contributed by atoms with van der Waals surface area (Å²) in [5.74, 6) is 0.363. The highest BCUT2D eigenvalue weighted by Gasteiger charge is 2.22. The number of aromatic nitrogens is 2. The van der Waals surface area contributed by atoms with Crippen molar-refractivity contribution in [2.75, 3.05) is 32.0 Å². The molecule has 2 amide bonds. The third kappa shape index (κ3) is 5.23. The Labute approximate surface area is 220 Å². The fraction of sp³-hybridized carbons (Fsp3) is 0.200. The van der Waals surface area contributed by atoms with Crippen molar-refractivity contribution in [3.05, 3.63) is 68.5 Å². The van der Waals surface area contributed by atoms with Crippen molar-refractivity contribution in [2.45, 2.75) is 13.5 Å². The summed E-state index contributed by atoms with van der Waals surface area (Å²) in [4.78, 5) is 44.0. The molecule has 37 heavy (non-hydrogen) atoms. The van der Waals surface area contributed by atoms with E-state index in [2.05, 4.69) is 15.6 Å². The Bertz CT molecular complexity index is 1570. The van der Waals surface area contributed by atoms with Crippen molar-refractivity contribution in [1.29, 1.82) is 0 Å². The average Bonchev–Trinajstić information content (AvgIpc) is 3.23. The summed E-state index contributed by atoms with van der Waals surface area (Å²) in [6, 6.07) is 10.0. The van der Waals surface area contributed by atoms with E-state index >= 15 is 0 Å². The normalized spacial score (nSPS) is 10.7. The monoisotopic (exact) mass is 542 g/mol. The number of amides is 2. The second kappa shape index (κ2) is 10.9. The van der Waals surface area contributed by atoms with Crippen molar-refractivity contribution in [1.82, 2.24) is 9.55 Å². The third-order valence-electron chi connectivity index (χ3n) is 5.54. The summed E-state index contributed by atoms with van der Waals surface area (Å²) >= 11 is 7.28. The van der Waals surface area contributed by atoms with E-state index in [0.717, 1.165) is 11.3 Å². The lowest BCUT2D eigenvalue weighted by molar-refractivity contribution is -0.116. The number of hydrogen-bond donors (Lipinski definition) is 2. The van der Waals surface area contributed by atoms with Crippen molar-refractivity contribution in [2.24, 2.45) is 0 Å². The number of carbonyl (C=O) groups excluding carboxylic acids is 2. The molecule has 12 heteroatoms. The predicted molar refractivity (Wildman–Crippen MR) is 143 cm³/mol. The summed E-state index contributed by atoms with van der Waals surface area (Å²) < 4.78 is 17.0. The number of para-hydroxylation sites is 2. The number of halogens is 1. The van der Waals surface area contributed by atoms with E-state index in [1.165, 1.54) is 38.3 Å². The standard InChI is InChI=1S/C25H23ClN4O6S/c1-13-21-24(37-22(13)23(32)29-16-9-14(26)18(35-3)10-19(16)36-4)27-12-30(25(21)33)11-20(31)28-15-7-5-6-8-17(15)34-2/h5-10,12H,11H2,1-4H3,(H,28,31)(H,29,32). The molecule has 2 N–H and O–H groups in total. The van der Waals surface area contributed by atoms with E-state index in [0.29, 0.717) is 48.9 Å². The molecule has 4 aromatic rings. The second-order valence-electron chi connectivity index (χ2n) is 7.80. The molecule has 0 saturated carbocycles. The molecule has 0 atom stereocenters. The topological polar surface area (TPSA) is 121 Å². The SMILES string of the molecule is COc1cc(OC)c(NC(=O)c2sc3ncn(CC(=O)Nc4ccccc4OC)c(=O)c3c2C)cc1Cl. The zero-order valence-electron chi connectivity index (χ0n) is 20.4. The van der Waals surface area contributed by atoms with Gasteiger partial charge in [0.1, 0.15) is 28.6 Å².